The number of rotatable bonds is 5. The third kappa shape index (κ3) is 9.09. The molecule has 21 heavy (non-hydrogen) atoms. The Morgan fingerprint density at radius 1 is 1.38 bits per heavy atom. The fourth-order valence-electron chi connectivity index (χ4n) is 2.08. The van der Waals surface area contributed by atoms with Crippen molar-refractivity contribution in [2.45, 2.75) is 25.0 Å². The summed E-state index contributed by atoms with van der Waals surface area (Å²) in [6.07, 6.45) is 1.91. The van der Waals surface area contributed by atoms with E-state index in [1.54, 1.807) is 7.05 Å². The molecule has 1 fully saturated rings. The first kappa shape index (κ1) is 21.3. The first-order chi connectivity index (χ1) is 9.23. The number of nitrogens with zero attached hydrogens (tertiary/aromatic N) is 2. The van der Waals surface area contributed by atoms with E-state index in [0.717, 1.165) is 31.2 Å². The van der Waals surface area contributed by atoms with Crippen LogP contribution in [0.15, 0.2) is 4.99 Å². The molecule has 0 bridgehead atoms. The Morgan fingerprint density at radius 3 is 2.57 bits per heavy atom. The van der Waals surface area contributed by atoms with Crippen LogP contribution in [0.25, 0.3) is 0 Å². The Bertz CT molecular complexity index is 441. The van der Waals surface area contributed by atoms with Crippen molar-refractivity contribution in [3.05, 3.63) is 0 Å². The Labute approximate surface area is 150 Å². The summed E-state index contributed by atoms with van der Waals surface area (Å²) in [6.45, 7) is 7.61. The summed E-state index contributed by atoms with van der Waals surface area (Å²) in [4.78, 5) is 6.57. The fraction of sp³-hybridized carbons (Fsp3) is 0.917. The van der Waals surface area contributed by atoms with E-state index < -0.39 is 10.0 Å². The SMILES string of the molecule is CN=C(NCCCNS(C)(=O)=O)N1CCSC(C)(C)C1.I. The van der Waals surface area contributed by atoms with Gasteiger partial charge in [0.25, 0.3) is 0 Å². The van der Waals surface area contributed by atoms with Gasteiger partial charge in [-0.05, 0) is 20.3 Å². The van der Waals surface area contributed by atoms with Crippen molar-refractivity contribution < 1.29 is 8.42 Å². The van der Waals surface area contributed by atoms with Gasteiger partial charge in [-0.3, -0.25) is 4.99 Å². The average Bonchev–Trinajstić information content (AvgIpc) is 2.31. The number of guanidine groups is 1. The van der Waals surface area contributed by atoms with Crippen LogP contribution in [0.4, 0.5) is 0 Å². The highest BCUT2D eigenvalue weighted by Gasteiger charge is 2.28. The zero-order valence-electron chi connectivity index (χ0n) is 13.2. The van der Waals surface area contributed by atoms with Gasteiger partial charge in [0.15, 0.2) is 5.96 Å². The van der Waals surface area contributed by atoms with E-state index in [4.69, 9.17) is 0 Å². The van der Waals surface area contributed by atoms with Gasteiger partial charge in [0, 0.05) is 43.7 Å². The molecular weight excluding hydrogens is 423 g/mol. The van der Waals surface area contributed by atoms with Crippen LogP contribution in [-0.4, -0.2) is 69.3 Å². The second kappa shape index (κ2) is 9.41. The molecule has 2 N–H and O–H groups in total. The fourth-order valence-corrected chi connectivity index (χ4v) is 3.70. The molecule has 1 aliphatic heterocycles. The van der Waals surface area contributed by atoms with Gasteiger partial charge in [0.1, 0.15) is 0 Å². The number of thioether (sulfide) groups is 1. The second-order valence-electron chi connectivity index (χ2n) is 5.52. The molecule has 126 valence electrons. The predicted molar refractivity (Wildman–Crippen MR) is 102 cm³/mol. The van der Waals surface area contributed by atoms with E-state index in [1.165, 1.54) is 6.26 Å². The monoisotopic (exact) mass is 450 g/mol. The molecule has 6 nitrogen and oxygen atoms in total. The molecule has 0 aliphatic carbocycles. The molecule has 0 unspecified atom stereocenters. The molecule has 1 aliphatic rings. The van der Waals surface area contributed by atoms with Gasteiger partial charge < -0.3 is 10.2 Å². The van der Waals surface area contributed by atoms with Crippen molar-refractivity contribution in [2.24, 2.45) is 4.99 Å². The van der Waals surface area contributed by atoms with Gasteiger partial charge in [-0.15, -0.1) is 24.0 Å². The molecule has 0 atom stereocenters. The van der Waals surface area contributed by atoms with E-state index in [0.29, 0.717) is 13.1 Å². The molecule has 9 heteroatoms. The lowest BCUT2D eigenvalue weighted by Gasteiger charge is -2.39. The van der Waals surface area contributed by atoms with Crippen LogP contribution >= 0.6 is 35.7 Å². The highest BCUT2D eigenvalue weighted by Crippen LogP contribution is 2.29. The molecule has 1 saturated heterocycles. The molecule has 0 radical (unpaired) electrons. The van der Waals surface area contributed by atoms with Crippen molar-refractivity contribution >= 4 is 51.7 Å². The normalized spacial score (nSPS) is 19.0. The summed E-state index contributed by atoms with van der Waals surface area (Å²) in [7, 11) is -1.30. The summed E-state index contributed by atoms with van der Waals surface area (Å²) in [5, 5.41) is 3.30. The highest BCUT2D eigenvalue weighted by molar-refractivity contribution is 14.0. The van der Waals surface area contributed by atoms with Crippen LogP contribution in [-0.2, 0) is 10.0 Å². The maximum atomic E-state index is 10.9. The molecule has 0 amide bonds. The Hall–Kier alpha value is 0.260. The molecule has 0 aromatic heterocycles. The minimum Gasteiger partial charge on any atom is -0.356 e. The van der Waals surface area contributed by atoms with Gasteiger partial charge in [0.05, 0.1) is 6.26 Å². The van der Waals surface area contributed by atoms with E-state index in [-0.39, 0.29) is 28.7 Å². The van der Waals surface area contributed by atoms with Gasteiger partial charge in [-0.1, -0.05) is 0 Å². The standard InChI is InChI=1S/C12H26N4O2S2.HI/c1-12(2)10-16(8-9-19-12)11(13-3)14-6-5-7-15-20(4,17)18;/h15H,5-10H2,1-4H3,(H,13,14);1H. The minimum absolute atomic E-state index is 0. The Kier molecular flexibility index (Phi) is 9.53. The van der Waals surface area contributed by atoms with Crippen LogP contribution in [0, 0.1) is 0 Å². The van der Waals surface area contributed by atoms with Crippen molar-refractivity contribution in [3.63, 3.8) is 0 Å². The summed E-state index contributed by atoms with van der Waals surface area (Å²) in [5.74, 6) is 2.00. The maximum Gasteiger partial charge on any atom is 0.208 e. The van der Waals surface area contributed by atoms with Crippen molar-refractivity contribution in [2.75, 3.05) is 45.2 Å². The number of halogens is 1. The lowest BCUT2D eigenvalue weighted by atomic mass is 10.2. The van der Waals surface area contributed by atoms with Crippen LogP contribution in [0.3, 0.4) is 0 Å². The Morgan fingerprint density at radius 2 is 2.05 bits per heavy atom. The molecular formula is C12H27IN4O2S2. The van der Waals surface area contributed by atoms with E-state index in [1.807, 2.05) is 11.8 Å². The lowest BCUT2D eigenvalue weighted by Crippen LogP contribution is -2.51. The molecule has 1 rings (SSSR count). The minimum atomic E-state index is -3.09. The van der Waals surface area contributed by atoms with Crippen LogP contribution in [0.2, 0.25) is 0 Å². The zero-order valence-corrected chi connectivity index (χ0v) is 17.1. The lowest BCUT2D eigenvalue weighted by molar-refractivity contribution is 0.375. The molecule has 0 aromatic carbocycles. The summed E-state index contributed by atoms with van der Waals surface area (Å²) >= 11 is 1.99. The van der Waals surface area contributed by atoms with Crippen LogP contribution < -0.4 is 10.0 Å². The summed E-state index contributed by atoms with van der Waals surface area (Å²) in [5.41, 5.74) is 0. The number of aliphatic imine (C=N–C) groups is 1. The van der Waals surface area contributed by atoms with E-state index >= 15 is 0 Å². The average molecular weight is 450 g/mol. The van der Waals surface area contributed by atoms with Crippen LogP contribution in [0.1, 0.15) is 20.3 Å². The largest absolute Gasteiger partial charge is 0.356 e. The van der Waals surface area contributed by atoms with Gasteiger partial charge in [-0.25, -0.2) is 13.1 Å². The number of sulfonamides is 1. The van der Waals surface area contributed by atoms with Crippen molar-refractivity contribution in [3.8, 4) is 0 Å². The molecule has 0 spiro atoms. The number of nitrogens with one attached hydrogen (secondary N) is 2. The van der Waals surface area contributed by atoms with Gasteiger partial charge in [-0.2, -0.15) is 11.8 Å². The van der Waals surface area contributed by atoms with Gasteiger partial charge in [0.2, 0.25) is 10.0 Å². The summed E-state index contributed by atoms with van der Waals surface area (Å²) in [6, 6.07) is 0. The van der Waals surface area contributed by atoms with E-state index in [2.05, 4.69) is 33.8 Å². The number of hydrogen-bond donors (Lipinski definition) is 2. The second-order valence-corrected chi connectivity index (χ2v) is 9.16. The predicted octanol–water partition coefficient (Wildman–Crippen LogP) is 0.947. The van der Waals surface area contributed by atoms with Crippen molar-refractivity contribution in [1.82, 2.24) is 14.9 Å². The molecule has 1 heterocycles. The maximum absolute atomic E-state index is 10.9. The first-order valence-corrected chi connectivity index (χ1v) is 9.65. The zero-order chi connectivity index (χ0) is 15.2. The Balaban J connectivity index is 0.00000400. The topological polar surface area (TPSA) is 73.8 Å². The smallest absolute Gasteiger partial charge is 0.208 e. The molecule has 0 saturated carbocycles. The van der Waals surface area contributed by atoms with E-state index in [9.17, 15) is 8.42 Å². The quantitative estimate of drug-likeness (QED) is 0.283. The van der Waals surface area contributed by atoms with Crippen molar-refractivity contribution in [1.29, 1.82) is 0 Å². The summed E-state index contributed by atoms with van der Waals surface area (Å²) < 4.78 is 24.6. The third-order valence-electron chi connectivity index (χ3n) is 2.94. The highest BCUT2D eigenvalue weighted by atomic mass is 127. The van der Waals surface area contributed by atoms with Crippen LogP contribution in [0.5, 0.6) is 0 Å². The third-order valence-corrected chi connectivity index (χ3v) is 4.96. The first-order valence-electron chi connectivity index (χ1n) is 6.78. The van der Waals surface area contributed by atoms with Gasteiger partial charge >= 0.3 is 0 Å². The number of hydrogen-bond acceptors (Lipinski definition) is 4. The molecule has 0 aromatic rings.